The van der Waals surface area contributed by atoms with Gasteiger partial charge in [-0.15, -0.1) is 5.06 Å². The van der Waals surface area contributed by atoms with Crippen molar-refractivity contribution >= 4 is 33.2 Å². The van der Waals surface area contributed by atoms with Crippen molar-refractivity contribution in [3.63, 3.8) is 0 Å². The van der Waals surface area contributed by atoms with E-state index in [9.17, 15) is 23.3 Å². The van der Waals surface area contributed by atoms with Crippen molar-refractivity contribution < 1.29 is 32.4 Å². The minimum absolute atomic E-state index is 0.0743. The Morgan fingerprint density at radius 2 is 1.84 bits per heavy atom. The highest BCUT2D eigenvalue weighted by atomic mass is 32.2. The molecule has 1 aliphatic rings. The zero-order valence-corrected chi connectivity index (χ0v) is 22.0. The number of sulfone groups is 1. The van der Waals surface area contributed by atoms with Gasteiger partial charge in [0.25, 0.3) is 5.88 Å². The molecule has 1 aliphatic heterocycles. The van der Waals surface area contributed by atoms with E-state index in [4.69, 9.17) is 14.3 Å². The summed E-state index contributed by atoms with van der Waals surface area (Å²) in [7, 11) is -3.37. The molecule has 3 rings (SSSR count). The van der Waals surface area contributed by atoms with Crippen molar-refractivity contribution in [1.29, 1.82) is 0 Å². The van der Waals surface area contributed by atoms with Crippen molar-refractivity contribution in [3.8, 4) is 5.88 Å². The molecule has 1 fully saturated rings. The summed E-state index contributed by atoms with van der Waals surface area (Å²) >= 11 is 0. The third-order valence-electron chi connectivity index (χ3n) is 5.45. The molecule has 14 heteroatoms. The first-order chi connectivity index (χ1) is 17.3. The molecule has 0 spiro atoms. The van der Waals surface area contributed by atoms with Crippen LogP contribution in [0.4, 0.5) is 22.0 Å². The zero-order valence-electron chi connectivity index (χ0n) is 21.2. The van der Waals surface area contributed by atoms with Crippen LogP contribution in [0.5, 0.6) is 5.88 Å². The number of hydrogen-bond donors (Lipinski definition) is 1. The Kier molecular flexibility index (Phi) is 8.86. The van der Waals surface area contributed by atoms with Crippen molar-refractivity contribution in [3.05, 3.63) is 40.7 Å². The standard InChI is InChI=1S/C23H31N5O8S/c1-23(2,3)35-22(29)36-27-12-9-16(10-13-27)11-14-34-21-19(28(30)31)20(24-15-25-21)26-17-5-7-18(8-6-17)37(4,32)33/h5-8,15-16H,9-14H2,1-4H3,(H,24,25,26). The lowest BCUT2D eigenvalue weighted by Gasteiger charge is -2.30. The fourth-order valence-electron chi connectivity index (χ4n) is 3.63. The fraction of sp³-hybridized carbons (Fsp3) is 0.522. The Morgan fingerprint density at radius 3 is 2.41 bits per heavy atom. The van der Waals surface area contributed by atoms with Crippen LogP contribution in [0, 0.1) is 16.0 Å². The molecule has 1 aromatic carbocycles. The topological polar surface area (TPSA) is 163 Å². The summed E-state index contributed by atoms with van der Waals surface area (Å²) in [5.74, 6) is 0.0426. The Balaban J connectivity index is 1.54. The molecule has 0 atom stereocenters. The molecule has 2 aromatic rings. The van der Waals surface area contributed by atoms with Gasteiger partial charge in [0.1, 0.15) is 11.9 Å². The summed E-state index contributed by atoms with van der Waals surface area (Å²) < 4.78 is 34.1. The second-order valence-electron chi connectivity index (χ2n) is 9.62. The minimum atomic E-state index is -3.37. The Bertz CT molecular complexity index is 1210. The van der Waals surface area contributed by atoms with Crippen LogP contribution in [0.25, 0.3) is 0 Å². The molecule has 37 heavy (non-hydrogen) atoms. The maximum atomic E-state index is 11.8. The quantitative estimate of drug-likeness (QED) is 0.279. The molecule has 0 unspecified atom stereocenters. The molecule has 0 aliphatic carbocycles. The molecule has 0 radical (unpaired) electrons. The largest absolute Gasteiger partial charge is 0.528 e. The molecule has 0 saturated carbocycles. The Labute approximate surface area is 215 Å². The van der Waals surface area contributed by atoms with Gasteiger partial charge in [0.05, 0.1) is 16.4 Å². The number of nitro groups is 1. The third-order valence-corrected chi connectivity index (χ3v) is 6.58. The van der Waals surface area contributed by atoms with Crippen LogP contribution in [-0.4, -0.2) is 66.1 Å². The summed E-state index contributed by atoms with van der Waals surface area (Å²) in [6, 6.07) is 5.77. The fourth-order valence-corrected chi connectivity index (χ4v) is 4.26. The first kappa shape index (κ1) is 28.1. The maximum Gasteiger partial charge on any atom is 0.528 e. The summed E-state index contributed by atoms with van der Waals surface area (Å²) in [6.07, 6.45) is 3.66. The van der Waals surface area contributed by atoms with E-state index in [2.05, 4.69) is 15.3 Å². The smallest absolute Gasteiger partial charge is 0.473 e. The van der Waals surface area contributed by atoms with E-state index >= 15 is 0 Å². The second kappa shape index (κ2) is 11.7. The van der Waals surface area contributed by atoms with Gasteiger partial charge >= 0.3 is 11.8 Å². The van der Waals surface area contributed by atoms with Crippen molar-refractivity contribution in [2.75, 3.05) is 31.3 Å². The van der Waals surface area contributed by atoms with Crippen LogP contribution < -0.4 is 10.1 Å². The molecular formula is C23H31N5O8S. The van der Waals surface area contributed by atoms with Crippen LogP contribution in [0.1, 0.15) is 40.0 Å². The number of hydroxylamine groups is 2. The third kappa shape index (κ3) is 8.53. The molecule has 2 heterocycles. The van der Waals surface area contributed by atoms with Gasteiger partial charge in [0.2, 0.25) is 5.82 Å². The number of carbonyl (C=O) groups is 1. The number of ether oxygens (including phenoxy) is 2. The number of piperidine rings is 1. The summed E-state index contributed by atoms with van der Waals surface area (Å²) in [5, 5.41) is 16.2. The van der Waals surface area contributed by atoms with Crippen molar-refractivity contribution in [2.45, 2.75) is 50.5 Å². The highest BCUT2D eigenvalue weighted by Gasteiger charge is 2.27. The summed E-state index contributed by atoms with van der Waals surface area (Å²) in [4.78, 5) is 36.2. The lowest BCUT2D eigenvalue weighted by molar-refractivity contribution is -0.385. The van der Waals surface area contributed by atoms with E-state index in [1.54, 1.807) is 25.8 Å². The number of carbonyl (C=O) groups excluding carboxylic acids is 1. The van der Waals surface area contributed by atoms with Gasteiger partial charge in [-0.2, -0.15) is 4.98 Å². The first-order valence-corrected chi connectivity index (χ1v) is 13.6. The van der Waals surface area contributed by atoms with E-state index in [1.807, 2.05) is 0 Å². The van der Waals surface area contributed by atoms with Gasteiger partial charge in [-0.1, -0.05) is 0 Å². The number of aromatic nitrogens is 2. The molecule has 1 N–H and O–H groups in total. The molecule has 1 saturated heterocycles. The van der Waals surface area contributed by atoms with Crippen LogP contribution in [0.3, 0.4) is 0 Å². The highest BCUT2D eigenvalue weighted by molar-refractivity contribution is 7.90. The van der Waals surface area contributed by atoms with Gasteiger partial charge in [-0.05, 0) is 70.2 Å². The van der Waals surface area contributed by atoms with Gasteiger partial charge in [0, 0.05) is 25.0 Å². The first-order valence-electron chi connectivity index (χ1n) is 11.7. The van der Waals surface area contributed by atoms with Crippen molar-refractivity contribution in [1.82, 2.24) is 15.0 Å². The lowest BCUT2D eigenvalue weighted by Crippen LogP contribution is -2.37. The van der Waals surface area contributed by atoms with Crippen LogP contribution >= 0.6 is 0 Å². The van der Waals surface area contributed by atoms with Gasteiger partial charge in [0.15, 0.2) is 9.84 Å². The lowest BCUT2D eigenvalue weighted by atomic mass is 9.95. The normalized spacial score (nSPS) is 15.1. The number of anilines is 2. The average molecular weight is 538 g/mol. The molecule has 1 aromatic heterocycles. The Morgan fingerprint density at radius 1 is 1.19 bits per heavy atom. The molecule has 0 amide bonds. The average Bonchev–Trinajstić information content (AvgIpc) is 2.78. The van der Waals surface area contributed by atoms with E-state index in [1.165, 1.54) is 24.3 Å². The highest BCUT2D eigenvalue weighted by Crippen LogP contribution is 2.33. The van der Waals surface area contributed by atoms with E-state index < -0.39 is 32.2 Å². The number of benzene rings is 1. The van der Waals surface area contributed by atoms with Crippen LogP contribution in [-0.2, 0) is 19.4 Å². The van der Waals surface area contributed by atoms with E-state index in [0.29, 0.717) is 25.2 Å². The SMILES string of the molecule is CC(C)(C)OC(=O)ON1CCC(CCOc2ncnc(Nc3ccc(S(C)(=O)=O)cc3)c2[N+](=O)[O-])CC1. The Hall–Kier alpha value is -3.52. The molecule has 13 nitrogen and oxygen atoms in total. The van der Waals surface area contributed by atoms with Gasteiger partial charge < -0.3 is 19.6 Å². The zero-order chi connectivity index (χ0) is 27.2. The maximum absolute atomic E-state index is 11.8. The minimum Gasteiger partial charge on any atom is -0.473 e. The predicted molar refractivity (Wildman–Crippen MR) is 133 cm³/mol. The number of nitrogens with one attached hydrogen (secondary N) is 1. The summed E-state index contributed by atoms with van der Waals surface area (Å²) in [5.41, 5.74) is -0.634. The number of hydrogen-bond acceptors (Lipinski definition) is 12. The van der Waals surface area contributed by atoms with Crippen LogP contribution in [0.2, 0.25) is 0 Å². The van der Waals surface area contributed by atoms with Crippen LogP contribution in [0.15, 0.2) is 35.5 Å². The van der Waals surface area contributed by atoms with E-state index in [0.717, 1.165) is 25.4 Å². The summed E-state index contributed by atoms with van der Waals surface area (Å²) in [6.45, 7) is 6.59. The molecular weight excluding hydrogens is 506 g/mol. The molecule has 202 valence electrons. The van der Waals surface area contributed by atoms with Gasteiger partial charge in [-0.25, -0.2) is 18.2 Å². The number of rotatable bonds is 9. The van der Waals surface area contributed by atoms with Crippen molar-refractivity contribution in [2.24, 2.45) is 5.92 Å². The number of nitrogens with zero attached hydrogens (tertiary/aromatic N) is 4. The van der Waals surface area contributed by atoms with E-state index in [-0.39, 0.29) is 29.1 Å². The second-order valence-corrected chi connectivity index (χ2v) is 11.6. The predicted octanol–water partition coefficient (Wildman–Crippen LogP) is 3.88. The van der Waals surface area contributed by atoms with Gasteiger partial charge in [-0.3, -0.25) is 10.1 Å². The molecule has 0 bridgehead atoms. The monoisotopic (exact) mass is 537 g/mol.